The van der Waals surface area contributed by atoms with Gasteiger partial charge in [-0.25, -0.2) is 4.98 Å². The number of carbonyl (C=O) groups is 1. The summed E-state index contributed by atoms with van der Waals surface area (Å²) in [7, 11) is 0. The summed E-state index contributed by atoms with van der Waals surface area (Å²) in [6, 6.07) is 1.78. The van der Waals surface area contributed by atoms with Gasteiger partial charge < -0.3 is 10.4 Å². The van der Waals surface area contributed by atoms with E-state index >= 15 is 0 Å². The summed E-state index contributed by atoms with van der Waals surface area (Å²) in [5.74, 6) is 5.68. The summed E-state index contributed by atoms with van der Waals surface area (Å²) in [6.07, 6.45) is 1.20. The van der Waals surface area contributed by atoms with Crippen LogP contribution in [0.4, 0.5) is 0 Å². The standard InChI is InChI=1S/C15H16N2O2S2/c1-11-9-21-14(17-11)5-6-16-15(19)12-8-13(20-10-12)4-2-3-7-18/h8-10,18H,3,5-7H2,1H3,(H,16,19). The molecule has 2 N–H and O–H groups in total. The molecule has 0 aliphatic rings. The van der Waals surface area contributed by atoms with Gasteiger partial charge in [0.05, 0.1) is 22.1 Å². The molecule has 0 saturated heterocycles. The number of thiazole rings is 1. The van der Waals surface area contributed by atoms with E-state index in [4.69, 9.17) is 5.11 Å². The molecule has 2 rings (SSSR count). The summed E-state index contributed by atoms with van der Waals surface area (Å²) in [4.78, 5) is 17.2. The van der Waals surface area contributed by atoms with E-state index in [2.05, 4.69) is 22.1 Å². The molecule has 2 heterocycles. The van der Waals surface area contributed by atoms with Gasteiger partial charge in [-0.15, -0.1) is 22.7 Å². The van der Waals surface area contributed by atoms with Gasteiger partial charge in [-0.3, -0.25) is 4.79 Å². The molecule has 0 radical (unpaired) electrons. The van der Waals surface area contributed by atoms with Gasteiger partial charge in [0.15, 0.2) is 0 Å². The Morgan fingerprint density at radius 2 is 2.29 bits per heavy atom. The van der Waals surface area contributed by atoms with Crippen LogP contribution in [0.1, 0.15) is 32.4 Å². The predicted molar refractivity (Wildman–Crippen MR) is 85.8 cm³/mol. The van der Waals surface area contributed by atoms with E-state index in [0.717, 1.165) is 22.0 Å². The molecule has 110 valence electrons. The molecule has 21 heavy (non-hydrogen) atoms. The number of aromatic nitrogens is 1. The Labute approximate surface area is 131 Å². The second kappa shape index (κ2) is 7.93. The first-order valence-electron chi connectivity index (χ1n) is 6.56. The van der Waals surface area contributed by atoms with E-state index in [1.165, 1.54) is 11.3 Å². The molecule has 0 fully saturated rings. The predicted octanol–water partition coefficient (Wildman–Crippen LogP) is 2.22. The van der Waals surface area contributed by atoms with Crippen LogP contribution in [0.25, 0.3) is 0 Å². The number of hydrogen-bond donors (Lipinski definition) is 2. The van der Waals surface area contributed by atoms with Crippen LogP contribution >= 0.6 is 22.7 Å². The maximum atomic E-state index is 12.0. The van der Waals surface area contributed by atoms with Gasteiger partial charge in [-0.1, -0.05) is 11.8 Å². The Morgan fingerprint density at radius 1 is 1.43 bits per heavy atom. The minimum Gasteiger partial charge on any atom is -0.395 e. The van der Waals surface area contributed by atoms with Gasteiger partial charge >= 0.3 is 0 Å². The molecule has 0 saturated carbocycles. The van der Waals surface area contributed by atoms with E-state index in [-0.39, 0.29) is 12.5 Å². The van der Waals surface area contributed by atoms with Crippen LogP contribution < -0.4 is 5.32 Å². The molecule has 0 spiro atoms. The zero-order valence-corrected chi connectivity index (χ0v) is 13.3. The molecular formula is C15H16N2O2S2. The second-order valence-electron chi connectivity index (χ2n) is 4.36. The number of rotatable bonds is 5. The molecule has 6 heteroatoms. The van der Waals surface area contributed by atoms with Crippen molar-refractivity contribution in [2.45, 2.75) is 19.8 Å². The zero-order valence-electron chi connectivity index (χ0n) is 11.7. The Hall–Kier alpha value is -1.68. The van der Waals surface area contributed by atoms with Crippen molar-refractivity contribution in [2.75, 3.05) is 13.2 Å². The summed E-state index contributed by atoms with van der Waals surface area (Å²) in [6.45, 7) is 2.60. The fourth-order valence-corrected chi connectivity index (χ4v) is 3.16. The quantitative estimate of drug-likeness (QED) is 0.831. The number of nitrogens with one attached hydrogen (secondary N) is 1. The summed E-state index contributed by atoms with van der Waals surface area (Å²) < 4.78 is 0. The normalized spacial score (nSPS) is 10.0. The van der Waals surface area contributed by atoms with Gasteiger partial charge in [0.2, 0.25) is 0 Å². The maximum absolute atomic E-state index is 12.0. The highest BCUT2D eigenvalue weighted by atomic mass is 32.1. The topological polar surface area (TPSA) is 62.2 Å². The minimum atomic E-state index is -0.0882. The number of hydrogen-bond acceptors (Lipinski definition) is 5. The lowest BCUT2D eigenvalue weighted by atomic mass is 10.3. The minimum absolute atomic E-state index is 0.0575. The molecule has 0 bridgehead atoms. The van der Waals surface area contributed by atoms with Crippen molar-refractivity contribution >= 4 is 28.6 Å². The third kappa shape index (κ3) is 4.97. The van der Waals surface area contributed by atoms with Crippen LogP contribution in [0.5, 0.6) is 0 Å². The molecule has 4 nitrogen and oxygen atoms in total. The van der Waals surface area contributed by atoms with Gasteiger partial charge in [0.25, 0.3) is 5.91 Å². The molecule has 0 atom stereocenters. The first-order chi connectivity index (χ1) is 10.2. The number of aryl methyl sites for hydroxylation is 1. The number of carbonyl (C=O) groups excluding carboxylic acids is 1. The monoisotopic (exact) mass is 320 g/mol. The van der Waals surface area contributed by atoms with E-state index in [1.54, 1.807) is 22.8 Å². The molecule has 1 amide bonds. The third-order valence-electron chi connectivity index (χ3n) is 2.60. The molecule has 2 aromatic rings. The molecule has 0 unspecified atom stereocenters. The average molecular weight is 320 g/mol. The Bertz CT molecular complexity index is 665. The van der Waals surface area contributed by atoms with Crippen molar-refractivity contribution in [2.24, 2.45) is 0 Å². The van der Waals surface area contributed by atoms with E-state index in [0.29, 0.717) is 18.5 Å². The lowest BCUT2D eigenvalue weighted by Gasteiger charge is -2.01. The first-order valence-corrected chi connectivity index (χ1v) is 8.32. The Morgan fingerprint density at radius 3 is 3.00 bits per heavy atom. The number of nitrogens with zero attached hydrogens (tertiary/aromatic N) is 1. The SMILES string of the molecule is Cc1csc(CCNC(=O)c2csc(C#CCCO)c2)n1. The van der Waals surface area contributed by atoms with Crippen LogP contribution in [0.15, 0.2) is 16.8 Å². The maximum Gasteiger partial charge on any atom is 0.252 e. The average Bonchev–Trinajstić information content (AvgIpc) is 3.08. The van der Waals surface area contributed by atoms with Crippen molar-refractivity contribution in [3.05, 3.63) is 38.0 Å². The highest BCUT2D eigenvalue weighted by Gasteiger charge is 2.08. The largest absolute Gasteiger partial charge is 0.395 e. The second-order valence-corrected chi connectivity index (χ2v) is 6.22. The van der Waals surface area contributed by atoms with Crippen molar-refractivity contribution < 1.29 is 9.90 Å². The van der Waals surface area contributed by atoms with Crippen LogP contribution in [-0.2, 0) is 6.42 Å². The fraction of sp³-hybridized carbons (Fsp3) is 0.333. The smallest absolute Gasteiger partial charge is 0.252 e. The van der Waals surface area contributed by atoms with Crippen molar-refractivity contribution in [3.8, 4) is 11.8 Å². The number of amides is 1. The Balaban J connectivity index is 1.82. The van der Waals surface area contributed by atoms with Crippen LogP contribution in [-0.4, -0.2) is 29.1 Å². The van der Waals surface area contributed by atoms with Crippen LogP contribution in [0, 0.1) is 18.8 Å². The number of aliphatic hydroxyl groups excluding tert-OH is 1. The lowest BCUT2D eigenvalue weighted by Crippen LogP contribution is -2.25. The highest BCUT2D eigenvalue weighted by Crippen LogP contribution is 2.13. The summed E-state index contributed by atoms with van der Waals surface area (Å²) in [5.41, 5.74) is 1.65. The molecule has 0 aliphatic carbocycles. The first kappa shape index (κ1) is 15.7. The van der Waals surface area contributed by atoms with Crippen LogP contribution in [0.3, 0.4) is 0 Å². The number of thiophene rings is 1. The Kier molecular flexibility index (Phi) is 5.93. The molecule has 2 aromatic heterocycles. The fourth-order valence-electron chi connectivity index (χ4n) is 1.63. The number of aliphatic hydroxyl groups is 1. The van der Waals surface area contributed by atoms with Gasteiger partial charge in [0, 0.05) is 35.8 Å². The summed E-state index contributed by atoms with van der Waals surface area (Å²) in [5, 5.41) is 16.4. The molecular weight excluding hydrogens is 304 g/mol. The molecule has 0 aliphatic heterocycles. The third-order valence-corrected chi connectivity index (χ3v) is 4.47. The van der Waals surface area contributed by atoms with Crippen molar-refractivity contribution in [3.63, 3.8) is 0 Å². The van der Waals surface area contributed by atoms with Crippen molar-refractivity contribution in [1.82, 2.24) is 10.3 Å². The van der Waals surface area contributed by atoms with Crippen LogP contribution in [0.2, 0.25) is 0 Å². The van der Waals surface area contributed by atoms with Gasteiger partial charge in [0.1, 0.15) is 0 Å². The van der Waals surface area contributed by atoms with E-state index < -0.39 is 0 Å². The zero-order chi connectivity index (χ0) is 15.1. The van der Waals surface area contributed by atoms with Gasteiger partial charge in [-0.2, -0.15) is 0 Å². The highest BCUT2D eigenvalue weighted by molar-refractivity contribution is 7.10. The van der Waals surface area contributed by atoms with E-state index in [1.807, 2.05) is 12.3 Å². The molecule has 0 aromatic carbocycles. The lowest BCUT2D eigenvalue weighted by molar-refractivity contribution is 0.0954. The van der Waals surface area contributed by atoms with E-state index in [9.17, 15) is 4.79 Å². The summed E-state index contributed by atoms with van der Waals surface area (Å²) >= 11 is 3.05. The van der Waals surface area contributed by atoms with Gasteiger partial charge in [-0.05, 0) is 13.0 Å². The van der Waals surface area contributed by atoms with Crippen molar-refractivity contribution in [1.29, 1.82) is 0 Å².